The molecule has 0 aromatic heterocycles. The smallest absolute Gasteiger partial charge is 0.126 e. The SMILES string of the molecule is CNC(CCC1CCCCC1)c1ccc(C)c(C)c1OC. The molecule has 2 heteroatoms. The normalized spacial score (nSPS) is 17.7. The van der Waals surface area contributed by atoms with Crippen LogP contribution in [0.1, 0.15) is 67.7 Å². The molecular formula is C19H31NO. The Balaban J connectivity index is 2.08. The summed E-state index contributed by atoms with van der Waals surface area (Å²) in [7, 11) is 3.86. The molecule has 1 fully saturated rings. The van der Waals surface area contributed by atoms with Crippen LogP contribution in [0.3, 0.4) is 0 Å². The van der Waals surface area contributed by atoms with Crippen molar-refractivity contribution in [3.63, 3.8) is 0 Å². The van der Waals surface area contributed by atoms with E-state index in [4.69, 9.17) is 4.74 Å². The fraction of sp³-hybridized carbons (Fsp3) is 0.684. The number of rotatable bonds is 6. The molecule has 0 aliphatic heterocycles. The largest absolute Gasteiger partial charge is 0.496 e. The van der Waals surface area contributed by atoms with Gasteiger partial charge in [0.25, 0.3) is 0 Å². The third-order valence-electron chi connectivity index (χ3n) is 5.22. The van der Waals surface area contributed by atoms with Crippen molar-refractivity contribution in [3.8, 4) is 5.75 Å². The molecule has 1 saturated carbocycles. The predicted octanol–water partition coefficient (Wildman–Crippen LogP) is 4.93. The van der Waals surface area contributed by atoms with Gasteiger partial charge in [0.05, 0.1) is 7.11 Å². The van der Waals surface area contributed by atoms with E-state index in [9.17, 15) is 0 Å². The van der Waals surface area contributed by atoms with Crippen LogP contribution in [-0.4, -0.2) is 14.2 Å². The lowest BCUT2D eigenvalue weighted by molar-refractivity contribution is 0.314. The monoisotopic (exact) mass is 289 g/mol. The van der Waals surface area contributed by atoms with Crippen LogP contribution in [0.5, 0.6) is 5.75 Å². The van der Waals surface area contributed by atoms with Crippen molar-refractivity contribution in [3.05, 3.63) is 28.8 Å². The third-order valence-corrected chi connectivity index (χ3v) is 5.22. The molecule has 21 heavy (non-hydrogen) atoms. The van der Waals surface area contributed by atoms with Crippen LogP contribution in [0.15, 0.2) is 12.1 Å². The highest BCUT2D eigenvalue weighted by molar-refractivity contribution is 5.46. The molecule has 0 spiro atoms. The Kier molecular flexibility index (Phi) is 6.10. The fourth-order valence-corrected chi connectivity index (χ4v) is 3.69. The lowest BCUT2D eigenvalue weighted by Gasteiger charge is -2.26. The summed E-state index contributed by atoms with van der Waals surface area (Å²) in [6.45, 7) is 4.31. The molecule has 0 bridgehead atoms. The van der Waals surface area contributed by atoms with Gasteiger partial charge in [-0.05, 0) is 50.8 Å². The van der Waals surface area contributed by atoms with E-state index in [2.05, 4.69) is 38.3 Å². The van der Waals surface area contributed by atoms with Crippen LogP contribution in [0.2, 0.25) is 0 Å². The molecule has 118 valence electrons. The summed E-state index contributed by atoms with van der Waals surface area (Å²) in [5, 5.41) is 3.50. The molecule has 1 aromatic rings. The van der Waals surface area contributed by atoms with Crippen LogP contribution in [0.4, 0.5) is 0 Å². The second-order valence-electron chi connectivity index (χ2n) is 6.55. The molecule has 2 nitrogen and oxygen atoms in total. The van der Waals surface area contributed by atoms with E-state index in [1.165, 1.54) is 61.6 Å². The van der Waals surface area contributed by atoms with Gasteiger partial charge in [-0.15, -0.1) is 0 Å². The maximum absolute atomic E-state index is 5.69. The Labute approximate surface area is 130 Å². The van der Waals surface area contributed by atoms with Crippen molar-refractivity contribution in [1.29, 1.82) is 0 Å². The van der Waals surface area contributed by atoms with Gasteiger partial charge in [0.15, 0.2) is 0 Å². The minimum absolute atomic E-state index is 0.404. The second kappa shape index (κ2) is 7.84. The Morgan fingerprint density at radius 1 is 1.19 bits per heavy atom. The topological polar surface area (TPSA) is 21.3 Å². The van der Waals surface area contributed by atoms with Crippen LogP contribution >= 0.6 is 0 Å². The van der Waals surface area contributed by atoms with Crippen molar-refractivity contribution in [2.45, 2.75) is 64.8 Å². The zero-order chi connectivity index (χ0) is 15.2. The number of hydrogen-bond donors (Lipinski definition) is 1. The maximum atomic E-state index is 5.69. The second-order valence-corrected chi connectivity index (χ2v) is 6.55. The van der Waals surface area contributed by atoms with Crippen LogP contribution in [-0.2, 0) is 0 Å². The van der Waals surface area contributed by atoms with E-state index in [0.29, 0.717) is 6.04 Å². The Bertz CT molecular complexity index is 449. The summed E-state index contributed by atoms with van der Waals surface area (Å²) in [6, 6.07) is 4.86. The highest BCUT2D eigenvalue weighted by Crippen LogP contribution is 2.35. The van der Waals surface area contributed by atoms with E-state index in [-0.39, 0.29) is 0 Å². The fourth-order valence-electron chi connectivity index (χ4n) is 3.69. The average Bonchev–Trinajstić information content (AvgIpc) is 2.52. The first kappa shape index (κ1) is 16.4. The first-order chi connectivity index (χ1) is 10.2. The first-order valence-corrected chi connectivity index (χ1v) is 8.48. The summed E-state index contributed by atoms with van der Waals surface area (Å²) in [5.74, 6) is 2.00. The third kappa shape index (κ3) is 4.00. The summed E-state index contributed by atoms with van der Waals surface area (Å²) >= 11 is 0. The van der Waals surface area contributed by atoms with Gasteiger partial charge in [0.1, 0.15) is 5.75 Å². The molecule has 0 heterocycles. The highest BCUT2D eigenvalue weighted by Gasteiger charge is 2.20. The van der Waals surface area contributed by atoms with Gasteiger partial charge in [-0.25, -0.2) is 0 Å². The Hall–Kier alpha value is -1.02. The molecule has 1 unspecified atom stereocenters. The number of methoxy groups -OCH3 is 1. The van der Waals surface area contributed by atoms with Crippen molar-refractivity contribution < 1.29 is 4.74 Å². The number of aryl methyl sites for hydroxylation is 1. The zero-order valence-corrected chi connectivity index (χ0v) is 14.2. The molecule has 1 N–H and O–H groups in total. The standard InChI is InChI=1S/C19H31NO/c1-14-10-12-17(19(21-4)15(14)2)18(20-3)13-11-16-8-6-5-7-9-16/h10,12,16,18,20H,5-9,11,13H2,1-4H3. The molecule has 0 amide bonds. The molecule has 1 atom stereocenters. The lowest BCUT2D eigenvalue weighted by atomic mass is 9.84. The van der Waals surface area contributed by atoms with Crippen LogP contribution in [0.25, 0.3) is 0 Å². The van der Waals surface area contributed by atoms with Gasteiger partial charge in [-0.2, -0.15) is 0 Å². The van der Waals surface area contributed by atoms with Gasteiger partial charge in [0.2, 0.25) is 0 Å². The van der Waals surface area contributed by atoms with Crippen molar-refractivity contribution in [1.82, 2.24) is 5.32 Å². The van der Waals surface area contributed by atoms with E-state index < -0.39 is 0 Å². The van der Waals surface area contributed by atoms with Crippen molar-refractivity contribution in [2.75, 3.05) is 14.2 Å². The Morgan fingerprint density at radius 3 is 2.52 bits per heavy atom. The predicted molar refractivity (Wildman–Crippen MR) is 90.1 cm³/mol. The Morgan fingerprint density at radius 2 is 1.90 bits per heavy atom. The van der Waals surface area contributed by atoms with E-state index >= 15 is 0 Å². The molecule has 1 aromatic carbocycles. The molecule has 2 rings (SSSR count). The van der Waals surface area contributed by atoms with Crippen molar-refractivity contribution in [2.24, 2.45) is 5.92 Å². The number of ether oxygens (including phenoxy) is 1. The molecule has 0 radical (unpaired) electrons. The summed E-state index contributed by atoms with van der Waals surface area (Å²) < 4.78 is 5.69. The minimum Gasteiger partial charge on any atom is -0.496 e. The quantitative estimate of drug-likeness (QED) is 0.801. The van der Waals surface area contributed by atoms with Gasteiger partial charge < -0.3 is 10.1 Å². The number of benzene rings is 1. The van der Waals surface area contributed by atoms with E-state index in [1.807, 2.05) is 0 Å². The highest BCUT2D eigenvalue weighted by atomic mass is 16.5. The molecule has 1 aliphatic rings. The summed E-state index contributed by atoms with van der Waals surface area (Å²) in [5.41, 5.74) is 3.89. The number of hydrogen-bond acceptors (Lipinski definition) is 2. The average molecular weight is 289 g/mol. The van der Waals surface area contributed by atoms with E-state index in [0.717, 1.165) is 11.7 Å². The van der Waals surface area contributed by atoms with Crippen LogP contribution in [0, 0.1) is 19.8 Å². The minimum atomic E-state index is 0.404. The van der Waals surface area contributed by atoms with Crippen molar-refractivity contribution >= 4 is 0 Å². The summed E-state index contributed by atoms with van der Waals surface area (Å²) in [4.78, 5) is 0. The molecule has 1 aliphatic carbocycles. The van der Waals surface area contributed by atoms with Gasteiger partial charge in [-0.1, -0.05) is 44.2 Å². The summed E-state index contributed by atoms with van der Waals surface area (Å²) in [6.07, 6.45) is 9.71. The van der Waals surface area contributed by atoms with Gasteiger partial charge in [-0.3, -0.25) is 0 Å². The molecule has 0 saturated heterocycles. The lowest BCUT2D eigenvalue weighted by Crippen LogP contribution is -2.19. The van der Waals surface area contributed by atoms with Gasteiger partial charge >= 0.3 is 0 Å². The van der Waals surface area contributed by atoms with Gasteiger partial charge in [0, 0.05) is 11.6 Å². The first-order valence-electron chi connectivity index (χ1n) is 8.48. The van der Waals surface area contributed by atoms with E-state index in [1.54, 1.807) is 7.11 Å². The van der Waals surface area contributed by atoms with Crippen LogP contribution < -0.4 is 10.1 Å². The molecular weight excluding hydrogens is 258 g/mol. The zero-order valence-electron chi connectivity index (χ0n) is 14.2. The number of nitrogens with one attached hydrogen (secondary N) is 1. The maximum Gasteiger partial charge on any atom is 0.126 e.